The molecule has 22 nitrogen and oxygen atoms in total. The molecule has 19 atom stereocenters. The molecule has 0 amide bonds. The molecule has 4 fully saturated rings. The minimum absolute atomic E-state index is 0.0530. The van der Waals surface area contributed by atoms with Crippen LogP contribution >= 0.6 is 0 Å². The first kappa shape index (κ1) is 46.1. The summed E-state index contributed by atoms with van der Waals surface area (Å²) in [5, 5.41) is 76.9. The van der Waals surface area contributed by atoms with Gasteiger partial charge in [-0.05, 0) is 37.1 Å². The molecule has 3 heterocycles. The standard InChI is InChI=1S/C35H62N6O16/c1-49-15-7-14(8-16(9-15)50-2)3-4-41-5-6-51-32-30(56-33-22(39)27(47)25(45)19(11-36)52-33)21(13-43)54-35(32)57-31-24(44)17(37)10-18(38)29(31)55-34-23(40)28(48)26(46)20(12-42)53-34/h7-9,17-35,41-48H,3-6,10-13,36-40H2,1-2H3/t17-,18+,19+,20-,21-,22-,23-,24+,25-,26-,27-,28-,29-,30-,31-,32-,33-,34-,35+/m1/s1. The van der Waals surface area contributed by atoms with Crippen LogP contribution in [0.5, 0.6) is 11.5 Å². The van der Waals surface area contributed by atoms with E-state index < -0.39 is 129 Å². The molecule has 4 aliphatic rings. The summed E-state index contributed by atoms with van der Waals surface area (Å²) in [7, 11) is 3.14. The first-order valence-electron chi connectivity index (χ1n) is 19.1. The highest BCUT2D eigenvalue weighted by Gasteiger charge is 2.55. The minimum atomic E-state index is -1.54. The maximum Gasteiger partial charge on any atom is 0.187 e. The smallest absolute Gasteiger partial charge is 0.187 e. The van der Waals surface area contributed by atoms with Gasteiger partial charge in [0.25, 0.3) is 0 Å². The molecule has 328 valence electrons. The number of hydrogen-bond donors (Lipinski definition) is 13. The largest absolute Gasteiger partial charge is 0.497 e. The molecule has 1 aliphatic carbocycles. The second-order valence-electron chi connectivity index (χ2n) is 14.8. The van der Waals surface area contributed by atoms with E-state index in [9.17, 15) is 35.7 Å². The number of hydrogen-bond acceptors (Lipinski definition) is 22. The molecule has 0 radical (unpaired) electrons. The van der Waals surface area contributed by atoms with Crippen LogP contribution in [0.15, 0.2) is 18.2 Å². The lowest BCUT2D eigenvalue weighted by atomic mass is 9.84. The first-order valence-corrected chi connectivity index (χ1v) is 19.1. The monoisotopic (exact) mass is 822 g/mol. The van der Waals surface area contributed by atoms with Crippen LogP contribution in [0.1, 0.15) is 12.0 Å². The lowest BCUT2D eigenvalue weighted by Gasteiger charge is -2.47. The van der Waals surface area contributed by atoms with Crippen LogP contribution in [0, 0.1) is 0 Å². The molecular formula is C35H62N6O16. The summed E-state index contributed by atoms with van der Waals surface area (Å²) in [5.74, 6) is 1.31. The third kappa shape index (κ3) is 10.7. The number of nitrogens with one attached hydrogen (secondary N) is 1. The van der Waals surface area contributed by atoms with E-state index in [-0.39, 0.29) is 19.6 Å². The maximum absolute atomic E-state index is 11.4. The fourth-order valence-corrected chi connectivity index (χ4v) is 7.49. The average molecular weight is 823 g/mol. The van der Waals surface area contributed by atoms with E-state index in [1.165, 1.54) is 0 Å². The molecule has 22 heteroatoms. The number of benzene rings is 1. The Hall–Kier alpha value is -1.98. The normalized spacial score (nSPS) is 42.6. The van der Waals surface area contributed by atoms with Crippen molar-refractivity contribution in [2.24, 2.45) is 28.7 Å². The lowest BCUT2D eigenvalue weighted by molar-refractivity contribution is -0.311. The zero-order chi connectivity index (χ0) is 41.6. The van der Waals surface area contributed by atoms with Crippen LogP contribution in [0.2, 0.25) is 0 Å². The van der Waals surface area contributed by atoms with Crippen LogP contribution in [0.4, 0.5) is 0 Å². The number of methoxy groups -OCH3 is 2. The van der Waals surface area contributed by atoms with Crippen molar-refractivity contribution in [3.05, 3.63) is 23.8 Å². The third-order valence-electron chi connectivity index (χ3n) is 10.9. The number of aliphatic hydroxyl groups is 7. The minimum Gasteiger partial charge on any atom is -0.497 e. The summed E-state index contributed by atoms with van der Waals surface area (Å²) in [6, 6.07) is 1.26. The van der Waals surface area contributed by atoms with Crippen molar-refractivity contribution in [2.45, 2.75) is 129 Å². The average Bonchev–Trinajstić information content (AvgIpc) is 3.54. The second-order valence-corrected chi connectivity index (χ2v) is 14.8. The van der Waals surface area contributed by atoms with Crippen molar-refractivity contribution in [1.82, 2.24) is 5.32 Å². The van der Waals surface area contributed by atoms with Crippen molar-refractivity contribution >= 4 is 0 Å². The zero-order valence-corrected chi connectivity index (χ0v) is 32.1. The number of ether oxygens (including phenoxy) is 9. The lowest BCUT2D eigenvalue weighted by Crippen LogP contribution is -2.68. The van der Waals surface area contributed by atoms with Gasteiger partial charge in [-0.15, -0.1) is 0 Å². The number of aliphatic hydroxyl groups excluding tert-OH is 7. The summed E-state index contributed by atoms with van der Waals surface area (Å²) < 4.78 is 53.4. The topological polar surface area (TPSA) is 367 Å². The van der Waals surface area contributed by atoms with Crippen molar-refractivity contribution in [2.75, 3.05) is 53.7 Å². The van der Waals surface area contributed by atoms with Gasteiger partial charge in [-0.2, -0.15) is 0 Å². The molecule has 57 heavy (non-hydrogen) atoms. The molecule has 5 rings (SSSR count). The van der Waals surface area contributed by atoms with E-state index in [4.69, 9.17) is 71.3 Å². The van der Waals surface area contributed by atoms with Gasteiger partial charge in [0.2, 0.25) is 0 Å². The van der Waals surface area contributed by atoms with Crippen molar-refractivity contribution in [3.8, 4) is 11.5 Å². The van der Waals surface area contributed by atoms with Crippen molar-refractivity contribution in [1.29, 1.82) is 0 Å². The van der Waals surface area contributed by atoms with E-state index in [1.54, 1.807) is 20.3 Å². The van der Waals surface area contributed by atoms with Gasteiger partial charge in [-0.25, -0.2) is 0 Å². The molecule has 0 bridgehead atoms. The summed E-state index contributed by atoms with van der Waals surface area (Å²) in [6.45, 7) is -0.514. The SMILES string of the molecule is COc1cc(CCNCCO[C@H]2[C@H](O[C@@H]3[C@@H](O)[C@H](N)C[C@H](N)[C@H]3O[C@H]3O[C@H](CO)[C@@H](O)[C@H](O)[C@H]3N)O[C@H](CO)[C@H]2O[C@H]2O[C@@H](CN)[C@@H](O)[C@H](O)[C@H]2N)cc(OC)c1. The molecule has 1 aromatic rings. The summed E-state index contributed by atoms with van der Waals surface area (Å²) in [5.41, 5.74) is 31.9. The van der Waals surface area contributed by atoms with Crippen LogP contribution in [-0.2, 0) is 39.6 Å². The highest BCUT2D eigenvalue weighted by molar-refractivity contribution is 5.38. The van der Waals surface area contributed by atoms with Gasteiger partial charge in [0.15, 0.2) is 18.9 Å². The van der Waals surface area contributed by atoms with E-state index in [2.05, 4.69) is 5.32 Å². The van der Waals surface area contributed by atoms with Crippen LogP contribution in [-0.4, -0.2) is 206 Å². The van der Waals surface area contributed by atoms with Crippen molar-refractivity contribution in [3.63, 3.8) is 0 Å². The number of rotatable bonds is 18. The number of nitrogens with two attached hydrogens (primary N) is 5. The molecule has 0 aromatic heterocycles. The van der Waals surface area contributed by atoms with E-state index in [0.29, 0.717) is 31.0 Å². The Kier molecular flexibility index (Phi) is 17.0. The zero-order valence-electron chi connectivity index (χ0n) is 32.1. The van der Waals surface area contributed by atoms with Gasteiger partial charge >= 0.3 is 0 Å². The van der Waals surface area contributed by atoms with Gasteiger partial charge in [0, 0.05) is 31.2 Å². The van der Waals surface area contributed by atoms with Crippen LogP contribution in [0.25, 0.3) is 0 Å². The summed E-state index contributed by atoms with van der Waals surface area (Å²) in [6.07, 6.45) is -19.0. The van der Waals surface area contributed by atoms with Crippen LogP contribution in [0.3, 0.4) is 0 Å². The predicted octanol–water partition coefficient (Wildman–Crippen LogP) is -6.99. The molecular weight excluding hydrogens is 760 g/mol. The van der Waals surface area contributed by atoms with Gasteiger partial charge in [-0.1, -0.05) is 0 Å². The third-order valence-corrected chi connectivity index (χ3v) is 10.9. The quantitative estimate of drug-likeness (QED) is 0.0612. The molecule has 18 N–H and O–H groups in total. The Morgan fingerprint density at radius 3 is 1.75 bits per heavy atom. The summed E-state index contributed by atoms with van der Waals surface area (Å²) >= 11 is 0. The molecule has 3 aliphatic heterocycles. The highest BCUT2D eigenvalue weighted by Crippen LogP contribution is 2.35. The van der Waals surface area contributed by atoms with Gasteiger partial charge in [0.05, 0.1) is 52.2 Å². The fourth-order valence-electron chi connectivity index (χ4n) is 7.49. The van der Waals surface area contributed by atoms with Gasteiger partial charge in [0.1, 0.15) is 78.6 Å². The Labute approximate surface area is 330 Å². The molecule has 3 saturated heterocycles. The molecule has 0 unspecified atom stereocenters. The first-order chi connectivity index (χ1) is 27.3. The molecule has 1 saturated carbocycles. The van der Waals surface area contributed by atoms with E-state index in [1.807, 2.05) is 12.1 Å². The molecule has 0 spiro atoms. The predicted molar refractivity (Wildman–Crippen MR) is 196 cm³/mol. The Morgan fingerprint density at radius 1 is 0.632 bits per heavy atom. The molecule has 1 aromatic carbocycles. The van der Waals surface area contributed by atoms with E-state index in [0.717, 1.165) is 5.56 Å². The van der Waals surface area contributed by atoms with Gasteiger partial charge in [-0.3, -0.25) is 0 Å². The fraction of sp³-hybridized carbons (Fsp3) is 0.829. The van der Waals surface area contributed by atoms with E-state index >= 15 is 0 Å². The van der Waals surface area contributed by atoms with Crippen molar-refractivity contribution < 1.29 is 78.4 Å². The Bertz CT molecular complexity index is 1350. The highest BCUT2D eigenvalue weighted by atomic mass is 16.8. The second kappa shape index (κ2) is 21.0. The summed E-state index contributed by atoms with van der Waals surface area (Å²) in [4.78, 5) is 0. The Balaban J connectivity index is 1.34. The Morgan fingerprint density at radius 2 is 1.18 bits per heavy atom. The van der Waals surface area contributed by atoms with Crippen LogP contribution < -0.4 is 43.5 Å². The van der Waals surface area contributed by atoms with Gasteiger partial charge < -0.3 is 112 Å². The maximum atomic E-state index is 11.4.